The Balaban J connectivity index is 2.18. The van der Waals surface area contributed by atoms with Crippen molar-refractivity contribution in [3.05, 3.63) is 33.1 Å². The monoisotopic (exact) mass is 293 g/mol. The number of aryl methyl sites for hydroxylation is 1. The zero-order valence-corrected chi connectivity index (χ0v) is 10.9. The molecular weight excluding hydrogens is 286 g/mol. The van der Waals surface area contributed by atoms with E-state index >= 15 is 0 Å². The van der Waals surface area contributed by atoms with Gasteiger partial charge < -0.3 is 4.98 Å². The van der Waals surface area contributed by atoms with Gasteiger partial charge in [-0.15, -0.1) is 11.3 Å². The third-order valence-corrected chi connectivity index (χ3v) is 3.83. The lowest BCUT2D eigenvalue weighted by Gasteiger charge is -1.88. The van der Waals surface area contributed by atoms with Gasteiger partial charge in [0.15, 0.2) is 5.65 Å². The molecule has 0 aliphatic rings. The first kappa shape index (κ1) is 9.99. The molecule has 0 saturated heterocycles. The van der Waals surface area contributed by atoms with E-state index in [0.717, 1.165) is 32.0 Å². The predicted molar refractivity (Wildman–Crippen MR) is 69.6 cm³/mol. The molecule has 1 N–H and O–H groups in total. The SMILES string of the molecule is Cc1ccc2[nH]c(-c3csc(Br)c3)nc2n1. The Morgan fingerprint density at radius 3 is 2.94 bits per heavy atom. The smallest absolute Gasteiger partial charge is 0.178 e. The van der Waals surface area contributed by atoms with Crippen LogP contribution in [0.2, 0.25) is 0 Å². The molecule has 0 unspecified atom stereocenters. The van der Waals surface area contributed by atoms with Crippen LogP contribution in [0.3, 0.4) is 0 Å². The van der Waals surface area contributed by atoms with Gasteiger partial charge in [0, 0.05) is 16.6 Å². The number of fused-ring (bicyclic) bond motifs is 1. The van der Waals surface area contributed by atoms with Gasteiger partial charge >= 0.3 is 0 Å². The highest BCUT2D eigenvalue weighted by molar-refractivity contribution is 9.11. The number of aromatic amines is 1. The van der Waals surface area contributed by atoms with Gasteiger partial charge in [-0.05, 0) is 41.1 Å². The lowest BCUT2D eigenvalue weighted by molar-refractivity contribution is 1.22. The summed E-state index contributed by atoms with van der Waals surface area (Å²) in [5.41, 5.74) is 3.82. The van der Waals surface area contributed by atoms with E-state index in [1.54, 1.807) is 11.3 Å². The van der Waals surface area contributed by atoms with Crippen LogP contribution in [0.15, 0.2) is 27.4 Å². The lowest BCUT2D eigenvalue weighted by Crippen LogP contribution is -1.80. The van der Waals surface area contributed by atoms with Crippen molar-refractivity contribution in [3.63, 3.8) is 0 Å². The Morgan fingerprint density at radius 1 is 1.31 bits per heavy atom. The molecule has 0 amide bonds. The molecule has 0 spiro atoms. The Labute approximate surface area is 105 Å². The Hall–Kier alpha value is -1.20. The maximum Gasteiger partial charge on any atom is 0.178 e. The lowest BCUT2D eigenvalue weighted by atomic mass is 10.3. The molecule has 0 radical (unpaired) electrons. The average molecular weight is 294 g/mol. The van der Waals surface area contributed by atoms with Crippen molar-refractivity contribution >= 4 is 38.4 Å². The second-order valence-corrected chi connectivity index (χ2v) is 5.84. The van der Waals surface area contributed by atoms with Crippen molar-refractivity contribution in [2.45, 2.75) is 6.92 Å². The van der Waals surface area contributed by atoms with Crippen LogP contribution in [0.4, 0.5) is 0 Å². The van der Waals surface area contributed by atoms with Gasteiger partial charge in [0.25, 0.3) is 0 Å². The fraction of sp³-hybridized carbons (Fsp3) is 0.0909. The molecule has 5 heteroatoms. The Morgan fingerprint density at radius 2 is 2.19 bits per heavy atom. The van der Waals surface area contributed by atoms with Gasteiger partial charge in [-0.3, -0.25) is 0 Å². The van der Waals surface area contributed by atoms with E-state index in [1.807, 2.05) is 19.1 Å². The summed E-state index contributed by atoms with van der Waals surface area (Å²) < 4.78 is 1.10. The normalized spacial score (nSPS) is 11.1. The first-order valence-corrected chi connectivity index (χ1v) is 6.47. The van der Waals surface area contributed by atoms with Crippen LogP contribution in [-0.2, 0) is 0 Å². The standard InChI is InChI=1S/C11H8BrN3S/c1-6-2-3-8-11(13-6)15-10(14-8)7-4-9(12)16-5-7/h2-5H,1H3,(H,13,14,15). The number of nitrogens with one attached hydrogen (secondary N) is 1. The van der Waals surface area contributed by atoms with Gasteiger partial charge in [0.1, 0.15) is 5.82 Å². The highest BCUT2D eigenvalue weighted by Gasteiger charge is 2.07. The van der Waals surface area contributed by atoms with Gasteiger partial charge in [-0.25, -0.2) is 9.97 Å². The number of hydrogen-bond donors (Lipinski definition) is 1. The van der Waals surface area contributed by atoms with Crippen LogP contribution >= 0.6 is 27.3 Å². The molecule has 0 aromatic carbocycles. The molecule has 0 atom stereocenters. The van der Waals surface area contributed by atoms with Crippen molar-refractivity contribution in [1.29, 1.82) is 0 Å². The predicted octanol–water partition coefficient (Wildman–Crippen LogP) is 3.76. The number of thiophene rings is 1. The van der Waals surface area contributed by atoms with Crippen LogP contribution in [0.1, 0.15) is 5.69 Å². The maximum atomic E-state index is 4.48. The molecule has 3 heterocycles. The number of aromatic nitrogens is 3. The highest BCUT2D eigenvalue weighted by atomic mass is 79.9. The maximum absolute atomic E-state index is 4.48. The van der Waals surface area contributed by atoms with E-state index in [1.165, 1.54) is 0 Å². The number of rotatable bonds is 1. The van der Waals surface area contributed by atoms with Crippen molar-refractivity contribution in [2.75, 3.05) is 0 Å². The summed E-state index contributed by atoms with van der Waals surface area (Å²) in [5, 5.41) is 2.06. The van der Waals surface area contributed by atoms with E-state index in [-0.39, 0.29) is 0 Å². The molecule has 0 fully saturated rings. The molecule has 0 aliphatic heterocycles. The number of nitrogens with zero attached hydrogens (tertiary/aromatic N) is 2. The number of pyridine rings is 1. The van der Waals surface area contributed by atoms with Crippen molar-refractivity contribution in [3.8, 4) is 11.4 Å². The molecular formula is C11H8BrN3S. The molecule has 3 aromatic rings. The quantitative estimate of drug-likeness (QED) is 0.742. The highest BCUT2D eigenvalue weighted by Crippen LogP contribution is 2.28. The molecule has 3 nitrogen and oxygen atoms in total. The van der Waals surface area contributed by atoms with E-state index in [0.29, 0.717) is 0 Å². The van der Waals surface area contributed by atoms with E-state index < -0.39 is 0 Å². The van der Waals surface area contributed by atoms with Gasteiger partial charge in [0.05, 0.1) is 9.30 Å². The zero-order valence-electron chi connectivity index (χ0n) is 8.49. The van der Waals surface area contributed by atoms with Crippen LogP contribution in [-0.4, -0.2) is 15.0 Å². The van der Waals surface area contributed by atoms with Crippen molar-refractivity contribution < 1.29 is 0 Å². The fourth-order valence-electron chi connectivity index (χ4n) is 1.56. The van der Waals surface area contributed by atoms with Crippen LogP contribution in [0, 0.1) is 6.92 Å². The largest absolute Gasteiger partial charge is 0.337 e. The molecule has 0 aliphatic carbocycles. The number of imidazole rings is 1. The van der Waals surface area contributed by atoms with Crippen molar-refractivity contribution in [1.82, 2.24) is 15.0 Å². The summed E-state index contributed by atoms with van der Waals surface area (Å²) >= 11 is 5.09. The molecule has 3 aromatic heterocycles. The van der Waals surface area contributed by atoms with Crippen LogP contribution in [0.25, 0.3) is 22.6 Å². The minimum absolute atomic E-state index is 0.775. The van der Waals surface area contributed by atoms with Gasteiger partial charge in [-0.1, -0.05) is 0 Å². The number of H-pyrrole nitrogens is 1. The summed E-state index contributed by atoms with van der Waals surface area (Å²) in [4.78, 5) is 12.1. The topological polar surface area (TPSA) is 41.6 Å². The third-order valence-electron chi connectivity index (χ3n) is 2.33. The van der Waals surface area contributed by atoms with Crippen LogP contribution in [0.5, 0.6) is 0 Å². The summed E-state index contributed by atoms with van der Waals surface area (Å²) in [5.74, 6) is 0.870. The van der Waals surface area contributed by atoms with E-state index in [4.69, 9.17) is 0 Å². The van der Waals surface area contributed by atoms with E-state index in [2.05, 4.69) is 42.3 Å². The second-order valence-electron chi connectivity index (χ2n) is 3.55. The van der Waals surface area contributed by atoms with Crippen molar-refractivity contribution in [2.24, 2.45) is 0 Å². The summed E-state index contributed by atoms with van der Waals surface area (Å²) in [7, 11) is 0. The molecule has 16 heavy (non-hydrogen) atoms. The third kappa shape index (κ3) is 1.66. The minimum Gasteiger partial charge on any atom is -0.337 e. The zero-order chi connectivity index (χ0) is 11.1. The first-order chi connectivity index (χ1) is 7.72. The van der Waals surface area contributed by atoms with Gasteiger partial charge in [0.2, 0.25) is 0 Å². The minimum atomic E-state index is 0.775. The molecule has 3 rings (SSSR count). The van der Waals surface area contributed by atoms with E-state index in [9.17, 15) is 0 Å². The Bertz CT molecular complexity index is 656. The Kier molecular flexibility index (Phi) is 2.29. The molecule has 0 saturated carbocycles. The number of hydrogen-bond acceptors (Lipinski definition) is 3. The van der Waals surface area contributed by atoms with Gasteiger partial charge in [-0.2, -0.15) is 0 Å². The average Bonchev–Trinajstić information content (AvgIpc) is 2.83. The summed E-state index contributed by atoms with van der Waals surface area (Å²) in [6.45, 7) is 1.97. The summed E-state index contributed by atoms with van der Waals surface area (Å²) in [6, 6.07) is 6.04. The van der Waals surface area contributed by atoms with Crippen LogP contribution < -0.4 is 0 Å². The first-order valence-electron chi connectivity index (χ1n) is 4.80. The molecule has 0 bridgehead atoms. The summed E-state index contributed by atoms with van der Waals surface area (Å²) in [6.07, 6.45) is 0. The second kappa shape index (κ2) is 3.68. The number of halogens is 1. The fourth-order valence-corrected chi connectivity index (χ4v) is 2.70. The molecule has 80 valence electrons.